The Morgan fingerprint density at radius 1 is 1.11 bits per heavy atom. The fraction of sp³-hybridized carbons (Fsp3) is 0.500. The lowest BCUT2D eigenvalue weighted by atomic mass is 10.1. The molecular formula is C8H13N. The summed E-state index contributed by atoms with van der Waals surface area (Å²) < 4.78 is 0. The largest absolute Gasteiger partial charge is 0.324 e. The number of nitrogens with two attached hydrogens (primary N) is 1. The molecule has 0 saturated heterocycles. The van der Waals surface area contributed by atoms with Crippen molar-refractivity contribution in [1.29, 1.82) is 0 Å². The van der Waals surface area contributed by atoms with Gasteiger partial charge in [-0.3, -0.25) is 0 Å². The molecular weight excluding hydrogens is 110 g/mol. The van der Waals surface area contributed by atoms with Gasteiger partial charge in [-0.05, 0) is 19.3 Å². The van der Waals surface area contributed by atoms with Crippen LogP contribution < -0.4 is 5.73 Å². The van der Waals surface area contributed by atoms with Crippen molar-refractivity contribution < 1.29 is 0 Å². The van der Waals surface area contributed by atoms with Crippen molar-refractivity contribution in [3.05, 3.63) is 24.3 Å². The fourth-order valence-electron chi connectivity index (χ4n) is 0.913. The van der Waals surface area contributed by atoms with E-state index in [-0.39, 0.29) is 6.04 Å². The molecule has 1 heteroatoms. The lowest BCUT2D eigenvalue weighted by Gasteiger charge is -2.03. The molecule has 0 amide bonds. The highest BCUT2D eigenvalue weighted by Gasteiger charge is 1.93. The Kier molecular flexibility index (Phi) is 2.52. The van der Waals surface area contributed by atoms with E-state index in [0.717, 1.165) is 12.8 Å². The Labute approximate surface area is 56.2 Å². The van der Waals surface area contributed by atoms with Crippen LogP contribution in [0, 0.1) is 0 Å². The second-order valence-corrected chi connectivity index (χ2v) is 2.38. The third-order valence-corrected chi connectivity index (χ3v) is 1.46. The van der Waals surface area contributed by atoms with E-state index in [0.29, 0.717) is 0 Å². The maximum Gasteiger partial charge on any atom is 0.0258 e. The first-order valence-electron chi connectivity index (χ1n) is 3.47. The van der Waals surface area contributed by atoms with Crippen LogP contribution in [0.25, 0.3) is 0 Å². The van der Waals surface area contributed by atoms with Gasteiger partial charge < -0.3 is 5.73 Å². The zero-order valence-corrected chi connectivity index (χ0v) is 5.59. The molecule has 50 valence electrons. The summed E-state index contributed by atoms with van der Waals surface area (Å²) >= 11 is 0. The van der Waals surface area contributed by atoms with Gasteiger partial charge in [-0.25, -0.2) is 0 Å². The van der Waals surface area contributed by atoms with E-state index in [1.54, 1.807) is 0 Å². The van der Waals surface area contributed by atoms with Gasteiger partial charge in [-0.1, -0.05) is 24.3 Å². The van der Waals surface area contributed by atoms with Crippen LogP contribution >= 0.6 is 0 Å². The minimum Gasteiger partial charge on any atom is -0.324 e. The summed E-state index contributed by atoms with van der Waals surface area (Å²) in [5.74, 6) is 0. The van der Waals surface area contributed by atoms with Crippen LogP contribution in [0.15, 0.2) is 24.3 Å². The highest BCUT2D eigenvalue weighted by Crippen LogP contribution is 2.02. The molecule has 0 aromatic rings. The van der Waals surface area contributed by atoms with Gasteiger partial charge in [0.25, 0.3) is 0 Å². The van der Waals surface area contributed by atoms with Gasteiger partial charge in [-0.15, -0.1) is 0 Å². The van der Waals surface area contributed by atoms with Gasteiger partial charge in [0.1, 0.15) is 0 Å². The molecule has 1 aliphatic carbocycles. The Hall–Kier alpha value is -0.560. The molecule has 0 saturated carbocycles. The standard InChI is InChI=1S/C8H13N/c9-8-6-4-2-1-3-5-7-8/h2,4-5,7-8H,1,3,6,9H2/b4-2-,7-5-. The third kappa shape index (κ3) is 2.47. The zero-order chi connectivity index (χ0) is 6.53. The maximum absolute atomic E-state index is 5.67. The third-order valence-electron chi connectivity index (χ3n) is 1.46. The quantitative estimate of drug-likeness (QED) is 0.486. The predicted octanol–water partition coefficient (Wildman–Crippen LogP) is 1.61. The van der Waals surface area contributed by atoms with Gasteiger partial charge in [-0.2, -0.15) is 0 Å². The SMILES string of the molecule is NC1/C=C\CC/C=C\C1. The number of allylic oxidation sites excluding steroid dienone is 2. The molecule has 0 fully saturated rings. The van der Waals surface area contributed by atoms with Gasteiger partial charge in [0.2, 0.25) is 0 Å². The van der Waals surface area contributed by atoms with E-state index in [9.17, 15) is 0 Å². The van der Waals surface area contributed by atoms with Crippen LogP contribution in [-0.2, 0) is 0 Å². The minimum atomic E-state index is 0.251. The molecule has 0 radical (unpaired) electrons. The maximum atomic E-state index is 5.67. The molecule has 1 aliphatic rings. The van der Waals surface area contributed by atoms with Crippen molar-refractivity contribution in [3.8, 4) is 0 Å². The fourth-order valence-corrected chi connectivity index (χ4v) is 0.913. The molecule has 2 N–H and O–H groups in total. The first-order valence-corrected chi connectivity index (χ1v) is 3.47. The summed E-state index contributed by atoms with van der Waals surface area (Å²) in [7, 11) is 0. The monoisotopic (exact) mass is 123 g/mol. The lowest BCUT2D eigenvalue weighted by molar-refractivity contribution is 0.813. The van der Waals surface area contributed by atoms with Crippen molar-refractivity contribution in [2.75, 3.05) is 0 Å². The molecule has 1 unspecified atom stereocenters. The van der Waals surface area contributed by atoms with Crippen molar-refractivity contribution in [2.24, 2.45) is 5.73 Å². The molecule has 0 bridgehead atoms. The topological polar surface area (TPSA) is 26.0 Å². The molecule has 1 atom stereocenters. The Balaban J connectivity index is 2.40. The van der Waals surface area contributed by atoms with Gasteiger partial charge in [0, 0.05) is 6.04 Å². The average molecular weight is 123 g/mol. The number of rotatable bonds is 0. The summed E-state index contributed by atoms with van der Waals surface area (Å²) in [5, 5.41) is 0. The summed E-state index contributed by atoms with van der Waals surface area (Å²) in [6, 6.07) is 0.251. The summed E-state index contributed by atoms with van der Waals surface area (Å²) in [5.41, 5.74) is 5.67. The highest BCUT2D eigenvalue weighted by molar-refractivity contribution is 5.00. The Bertz CT molecular complexity index is 125. The van der Waals surface area contributed by atoms with Crippen LogP contribution in [0.3, 0.4) is 0 Å². The van der Waals surface area contributed by atoms with Crippen LogP contribution in [-0.4, -0.2) is 6.04 Å². The minimum absolute atomic E-state index is 0.251. The van der Waals surface area contributed by atoms with Gasteiger partial charge in [0.05, 0.1) is 0 Å². The Morgan fingerprint density at radius 3 is 2.78 bits per heavy atom. The number of hydrogen-bond donors (Lipinski definition) is 1. The molecule has 0 aliphatic heterocycles. The molecule has 0 aromatic carbocycles. The normalized spacial score (nSPS) is 34.6. The van der Waals surface area contributed by atoms with Crippen molar-refractivity contribution >= 4 is 0 Å². The van der Waals surface area contributed by atoms with E-state index >= 15 is 0 Å². The van der Waals surface area contributed by atoms with E-state index < -0.39 is 0 Å². The Morgan fingerprint density at radius 2 is 1.89 bits per heavy atom. The molecule has 0 spiro atoms. The zero-order valence-electron chi connectivity index (χ0n) is 5.59. The van der Waals surface area contributed by atoms with E-state index in [1.807, 2.05) is 0 Å². The summed E-state index contributed by atoms with van der Waals surface area (Å²) in [6.45, 7) is 0. The van der Waals surface area contributed by atoms with Gasteiger partial charge >= 0.3 is 0 Å². The number of hydrogen-bond acceptors (Lipinski definition) is 1. The van der Waals surface area contributed by atoms with Crippen LogP contribution in [0.5, 0.6) is 0 Å². The molecule has 1 nitrogen and oxygen atoms in total. The molecule has 9 heavy (non-hydrogen) atoms. The second-order valence-electron chi connectivity index (χ2n) is 2.38. The first-order chi connectivity index (χ1) is 4.39. The first kappa shape index (κ1) is 6.56. The van der Waals surface area contributed by atoms with Crippen molar-refractivity contribution in [3.63, 3.8) is 0 Å². The molecule has 0 aromatic heterocycles. The predicted molar refractivity (Wildman–Crippen MR) is 40.1 cm³/mol. The molecule has 1 rings (SSSR count). The van der Waals surface area contributed by atoms with Crippen LogP contribution in [0.2, 0.25) is 0 Å². The average Bonchev–Trinajstić information content (AvgIpc) is 1.79. The van der Waals surface area contributed by atoms with E-state index in [4.69, 9.17) is 5.73 Å². The van der Waals surface area contributed by atoms with Crippen LogP contribution in [0.1, 0.15) is 19.3 Å². The second kappa shape index (κ2) is 3.46. The lowest BCUT2D eigenvalue weighted by Crippen LogP contribution is -2.15. The van der Waals surface area contributed by atoms with Crippen molar-refractivity contribution in [2.45, 2.75) is 25.3 Å². The highest BCUT2D eigenvalue weighted by atomic mass is 14.6. The van der Waals surface area contributed by atoms with E-state index in [1.165, 1.54) is 6.42 Å². The molecule has 0 heterocycles. The van der Waals surface area contributed by atoms with Gasteiger partial charge in [0.15, 0.2) is 0 Å². The summed E-state index contributed by atoms with van der Waals surface area (Å²) in [4.78, 5) is 0. The van der Waals surface area contributed by atoms with Crippen molar-refractivity contribution in [1.82, 2.24) is 0 Å². The smallest absolute Gasteiger partial charge is 0.0258 e. The van der Waals surface area contributed by atoms with Crippen LogP contribution in [0.4, 0.5) is 0 Å². The summed E-state index contributed by atoms with van der Waals surface area (Å²) in [6.07, 6.45) is 11.9. The van der Waals surface area contributed by atoms with E-state index in [2.05, 4.69) is 24.3 Å².